The van der Waals surface area contributed by atoms with Crippen LogP contribution >= 0.6 is 0 Å². The van der Waals surface area contributed by atoms with Gasteiger partial charge in [0.2, 0.25) is 11.9 Å². The fraction of sp³-hybridized carbons (Fsp3) is 0.214. The van der Waals surface area contributed by atoms with Crippen LogP contribution in [0, 0.1) is 6.92 Å². The Morgan fingerprint density at radius 3 is 2.47 bits per heavy atom. The summed E-state index contributed by atoms with van der Waals surface area (Å²) in [4.78, 5) is 26.6. The van der Waals surface area contributed by atoms with Crippen molar-refractivity contribution in [2.75, 3.05) is 29.6 Å². The van der Waals surface area contributed by atoms with E-state index in [1.807, 2.05) is 85.9 Å². The molecule has 0 spiro atoms. The molecule has 0 aliphatic carbocycles. The zero-order chi connectivity index (χ0) is 25.2. The van der Waals surface area contributed by atoms with E-state index in [9.17, 15) is 4.79 Å². The molecule has 1 atom stereocenters. The summed E-state index contributed by atoms with van der Waals surface area (Å²) < 4.78 is 5.21. The predicted molar refractivity (Wildman–Crippen MR) is 142 cm³/mol. The normalized spacial score (nSPS) is 11.4. The van der Waals surface area contributed by atoms with Gasteiger partial charge in [-0.05, 0) is 54.8 Å². The third-order valence-electron chi connectivity index (χ3n) is 5.55. The molecule has 0 aliphatic rings. The summed E-state index contributed by atoms with van der Waals surface area (Å²) in [5, 5.41) is 9.59. The standard InChI is InChI=1S/C28H30N6O2/c1-20-17-26(34-28(31-20)30-16-14-22-9-6-15-29-19-22)33-25(18-21-7-4-3-5-8-21)27(35)32-23-10-12-24(36-2)13-11-23/h3-13,15,17,19,25H,14,16,18H2,1-2H3,(H,32,35)(H2,30,31,33,34)/t25-/m0/s1. The summed E-state index contributed by atoms with van der Waals surface area (Å²) in [6, 6.07) is 22.4. The number of nitrogens with zero attached hydrogens (tertiary/aromatic N) is 3. The lowest BCUT2D eigenvalue weighted by Gasteiger charge is -2.20. The van der Waals surface area contributed by atoms with Crippen molar-refractivity contribution in [3.8, 4) is 5.75 Å². The first kappa shape index (κ1) is 24.7. The summed E-state index contributed by atoms with van der Waals surface area (Å²) >= 11 is 0. The Kier molecular flexibility index (Phi) is 8.43. The maximum Gasteiger partial charge on any atom is 0.247 e. The molecule has 2 aromatic carbocycles. The molecule has 4 rings (SSSR count). The van der Waals surface area contributed by atoms with Crippen molar-refractivity contribution in [3.63, 3.8) is 0 Å². The van der Waals surface area contributed by atoms with E-state index in [-0.39, 0.29) is 5.91 Å². The molecule has 2 aromatic heterocycles. The van der Waals surface area contributed by atoms with E-state index >= 15 is 0 Å². The second kappa shape index (κ2) is 12.3. The van der Waals surface area contributed by atoms with Crippen LogP contribution in [0.4, 0.5) is 17.5 Å². The SMILES string of the molecule is COc1ccc(NC(=O)[C@H](Cc2ccccc2)Nc2cc(C)nc(NCCc3cccnc3)n2)cc1. The zero-order valence-electron chi connectivity index (χ0n) is 20.4. The van der Waals surface area contributed by atoms with Crippen LogP contribution in [0.3, 0.4) is 0 Å². The van der Waals surface area contributed by atoms with Gasteiger partial charge in [0.25, 0.3) is 0 Å². The molecule has 0 fully saturated rings. The third-order valence-corrected chi connectivity index (χ3v) is 5.55. The average Bonchev–Trinajstić information content (AvgIpc) is 2.90. The van der Waals surface area contributed by atoms with E-state index in [0.717, 1.165) is 29.0 Å². The van der Waals surface area contributed by atoms with Crippen molar-refractivity contribution >= 4 is 23.4 Å². The summed E-state index contributed by atoms with van der Waals surface area (Å²) in [6.07, 6.45) is 4.90. The van der Waals surface area contributed by atoms with Gasteiger partial charge in [-0.3, -0.25) is 9.78 Å². The predicted octanol–water partition coefficient (Wildman–Crippen LogP) is 4.51. The fourth-order valence-electron chi connectivity index (χ4n) is 3.73. The number of carbonyl (C=O) groups excluding carboxylic acids is 1. The Balaban J connectivity index is 1.47. The molecular weight excluding hydrogens is 452 g/mol. The summed E-state index contributed by atoms with van der Waals surface area (Å²) in [7, 11) is 1.61. The van der Waals surface area contributed by atoms with Gasteiger partial charge >= 0.3 is 0 Å². The summed E-state index contributed by atoms with van der Waals surface area (Å²) in [5.41, 5.74) is 3.66. The van der Waals surface area contributed by atoms with E-state index in [4.69, 9.17) is 4.74 Å². The van der Waals surface area contributed by atoms with Gasteiger partial charge in [0.15, 0.2) is 0 Å². The first-order chi connectivity index (χ1) is 17.6. The highest BCUT2D eigenvalue weighted by atomic mass is 16.5. The second-order valence-corrected chi connectivity index (χ2v) is 8.36. The van der Waals surface area contributed by atoms with Crippen LogP contribution in [0.25, 0.3) is 0 Å². The highest BCUT2D eigenvalue weighted by molar-refractivity contribution is 5.96. The average molecular weight is 483 g/mol. The Labute approximate surface area is 211 Å². The summed E-state index contributed by atoms with van der Waals surface area (Å²) in [6.45, 7) is 2.57. The van der Waals surface area contributed by atoms with Gasteiger partial charge in [-0.1, -0.05) is 36.4 Å². The molecule has 184 valence electrons. The van der Waals surface area contributed by atoms with Crippen LogP contribution in [0.1, 0.15) is 16.8 Å². The minimum absolute atomic E-state index is 0.161. The van der Waals surface area contributed by atoms with Gasteiger partial charge in [-0.25, -0.2) is 4.98 Å². The number of pyridine rings is 1. The van der Waals surface area contributed by atoms with Gasteiger partial charge in [-0.2, -0.15) is 4.98 Å². The minimum Gasteiger partial charge on any atom is -0.497 e. The number of amides is 1. The molecule has 3 N–H and O–H groups in total. The Morgan fingerprint density at radius 1 is 0.972 bits per heavy atom. The van der Waals surface area contributed by atoms with Crippen molar-refractivity contribution in [2.45, 2.75) is 25.8 Å². The Hall–Kier alpha value is -4.46. The number of aromatic nitrogens is 3. The number of methoxy groups -OCH3 is 1. The molecule has 0 bridgehead atoms. The number of benzene rings is 2. The van der Waals surface area contributed by atoms with Crippen molar-refractivity contribution in [3.05, 3.63) is 102 Å². The van der Waals surface area contributed by atoms with Gasteiger partial charge in [0.05, 0.1) is 7.11 Å². The van der Waals surface area contributed by atoms with Crippen molar-refractivity contribution in [2.24, 2.45) is 0 Å². The third kappa shape index (κ3) is 7.27. The molecule has 2 heterocycles. The van der Waals surface area contributed by atoms with Crippen LogP contribution < -0.4 is 20.7 Å². The lowest BCUT2D eigenvalue weighted by atomic mass is 10.0. The monoisotopic (exact) mass is 482 g/mol. The first-order valence-corrected chi connectivity index (χ1v) is 11.8. The van der Waals surface area contributed by atoms with E-state index in [1.165, 1.54) is 0 Å². The van der Waals surface area contributed by atoms with Gasteiger partial charge in [0.1, 0.15) is 17.6 Å². The van der Waals surface area contributed by atoms with Crippen LogP contribution in [0.5, 0.6) is 5.75 Å². The molecule has 36 heavy (non-hydrogen) atoms. The molecule has 1 amide bonds. The lowest BCUT2D eigenvalue weighted by Crippen LogP contribution is -2.37. The lowest BCUT2D eigenvalue weighted by molar-refractivity contribution is -0.116. The second-order valence-electron chi connectivity index (χ2n) is 8.36. The largest absolute Gasteiger partial charge is 0.497 e. The number of ether oxygens (including phenoxy) is 1. The molecule has 4 aromatic rings. The molecule has 8 heteroatoms. The van der Waals surface area contributed by atoms with Crippen molar-refractivity contribution in [1.29, 1.82) is 0 Å². The maximum atomic E-state index is 13.3. The van der Waals surface area contributed by atoms with Crippen LogP contribution in [0.15, 0.2) is 85.2 Å². The number of anilines is 3. The molecule has 8 nitrogen and oxygen atoms in total. The quantitative estimate of drug-likeness (QED) is 0.289. The molecule has 0 aliphatic heterocycles. The number of carbonyl (C=O) groups is 1. The van der Waals surface area contributed by atoms with Crippen molar-refractivity contribution in [1.82, 2.24) is 15.0 Å². The maximum absolute atomic E-state index is 13.3. The van der Waals surface area contributed by atoms with Crippen LogP contribution in [-0.4, -0.2) is 40.6 Å². The van der Waals surface area contributed by atoms with Gasteiger partial charge in [-0.15, -0.1) is 0 Å². The highest BCUT2D eigenvalue weighted by Gasteiger charge is 2.20. The fourth-order valence-corrected chi connectivity index (χ4v) is 3.73. The zero-order valence-corrected chi connectivity index (χ0v) is 20.4. The van der Waals surface area contributed by atoms with Gasteiger partial charge in [0, 0.05) is 42.8 Å². The molecule has 0 unspecified atom stereocenters. The number of hydrogen-bond acceptors (Lipinski definition) is 7. The molecule has 0 radical (unpaired) electrons. The van der Waals surface area contributed by atoms with Crippen LogP contribution in [0.2, 0.25) is 0 Å². The summed E-state index contributed by atoms with van der Waals surface area (Å²) in [5.74, 6) is 1.66. The molecular formula is C28H30N6O2. The highest BCUT2D eigenvalue weighted by Crippen LogP contribution is 2.18. The Bertz CT molecular complexity index is 1250. The number of rotatable bonds is 11. The number of aryl methyl sites for hydroxylation is 1. The van der Waals surface area contributed by atoms with Crippen molar-refractivity contribution < 1.29 is 9.53 Å². The number of nitrogens with one attached hydrogen (secondary N) is 3. The topological polar surface area (TPSA) is 101 Å². The van der Waals surface area contributed by atoms with E-state index in [2.05, 4.69) is 30.9 Å². The van der Waals surface area contributed by atoms with E-state index in [1.54, 1.807) is 13.3 Å². The van der Waals surface area contributed by atoms with Gasteiger partial charge < -0.3 is 20.7 Å². The first-order valence-electron chi connectivity index (χ1n) is 11.8. The number of hydrogen-bond donors (Lipinski definition) is 3. The van der Waals surface area contributed by atoms with E-state index in [0.29, 0.717) is 30.4 Å². The van der Waals surface area contributed by atoms with E-state index < -0.39 is 6.04 Å². The minimum atomic E-state index is -0.549. The molecule has 0 saturated heterocycles. The Morgan fingerprint density at radius 2 is 1.75 bits per heavy atom. The molecule has 0 saturated carbocycles. The van der Waals surface area contributed by atoms with Crippen LogP contribution in [-0.2, 0) is 17.6 Å². The smallest absolute Gasteiger partial charge is 0.247 e.